The number of benzene rings is 1. The molecule has 3 nitrogen and oxygen atoms in total. The van der Waals surface area contributed by atoms with Crippen LogP contribution in [0.1, 0.15) is 17.3 Å². The van der Waals surface area contributed by atoms with Crippen molar-refractivity contribution in [3.63, 3.8) is 0 Å². The highest BCUT2D eigenvalue weighted by Crippen LogP contribution is 1.91. The van der Waals surface area contributed by atoms with Gasteiger partial charge in [0.25, 0.3) is 0 Å². The third-order valence-electron chi connectivity index (χ3n) is 1.65. The summed E-state index contributed by atoms with van der Waals surface area (Å²) in [5.74, 6) is 3.01. The Kier molecular flexibility index (Phi) is 2.56. The molecule has 1 aromatic carbocycles. The lowest BCUT2D eigenvalue weighted by molar-refractivity contribution is 0.101. The first-order valence-corrected chi connectivity index (χ1v) is 3.60. The second-order valence-corrected chi connectivity index (χ2v) is 2.52. The zero-order valence-corrected chi connectivity index (χ0v) is 6.96. The monoisotopic (exact) mass is 174 g/mol. The maximum atomic E-state index is 10.9. The minimum Gasteiger partial charge on any atom is -0.295 e. The zero-order chi connectivity index (χ0) is 9.84. The second kappa shape index (κ2) is 3.63. The molecule has 0 amide bonds. The van der Waals surface area contributed by atoms with E-state index in [0.29, 0.717) is 5.56 Å². The second-order valence-electron chi connectivity index (χ2n) is 2.52. The molecule has 64 valence electrons. The molecule has 0 N–H and O–H groups in total. The quantitative estimate of drug-likeness (QED) is 0.507. The molecule has 0 heterocycles. The Labute approximate surface area is 74.0 Å². The van der Waals surface area contributed by atoms with Gasteiger partial charge >= 0.3 is 0 Å². The molecular formula is C10H6O3. The van der Waals surface area contributed by atoms with E-state index in [4.69, 9.17) is 0 Å². The van der Waals surface area contributed by atoms with E-state index < -0.39 is 0 Å². The Balaban J connectivity index is 3.68. The molecule has 0 aliphatic carbocycles. The Hall–Kier alpha value is -1.95. The van der Waals surface area contributed by atoms with Gasteiger partial charge in [0.15, 0.2) is 5.78 Å². The van der Waals surface area contributed by atoms with Gasteiger partial charge < -0.3 is 0 Å². The molecule has 0 radical (unpaired) electrons. The maximum Gasteiger partial charge on any atom is 0.159 e. The molecule has 0 aliphatic heterocycles. The lowest BCUT2D eigenvalue weighted by atomic mass is 10.1. The molecule has 1 aromatic rings. The van der Waals surface area contributed by atoms with Crippen LogP contribution in [0.4, 0.5) is 0 Å². The van der Waals surface area contributed by atoms with E-state index in [-0.39, 0.29) is 16.2 Å². The molecule has 0 aliphatic rings. The van der Waals surface area contributed by atoms with Crippen LogP contribution in [0.5, 0.6) is 0 Å². The van der Waals surface area contributed by atoms with E-state index in [0.717, 1.165) is 0 Å². The normalized spacial score (nSPS) is 8.69. The summed E-state index contributed by atoms with van der Waals surface area (Å²) in [5, 5.41) is 0.197. The molecule has 0 saturated heterocycles. The molecule has 1 rings (SSSR count). The van der Waals surface area contributed by atoms with Gasteiger partial charge in [-0.3, -0.25) is 4.79 Å². The van der Waals surface area contributed by atoms with Gasteiger partial charge in [-0.15, -0.1) is 0 Å². The SMILES string of the molecule is CC(=O)c1ccc(=C=O)c(=C=O)c1. The first kappa shape index (κ1) is 9.14. The van der Waals surface area contributed by atoms with Crippen molar-refractivity contribution in [3.05, 3.63) is 34.2 Å². The van der Waals surface area contributed by atoms with Crippen molar-refractivity contribution in [1.82, 2.24) is 0 Å². The van der Waals surface area contributed by atoms with Gasteiger partial charge in [0.05, 0.1) is 10.4 Å². The Morgan fingerprint density at radius 2 is 1.77 bits per heavy atom. The number of ketones is 1. The Morgan fingerprint density at radius 3 is 2.23 bits per heavy atom. The summed E-state index contributed by atoms with van der Waals surface area (Å²) in [4.78, 5) is 31.5. The molecule has 0 aromatic heterocycles. The third kappa shape index (κ3) is 1.79. The standard InChI is InChI=1S/C10H6O3/c1-7(13)8-2-3-9(5-11)10(4-8)6-12/h2-4H,1H3. The molecule has 0 fully saturated rings. The van der Waals surface area contributed by atoms with Gasteiger partial charge in [0, 0.05) is 5.56 Å². The van der Waals surface area contributed by atoms with Crippen LogP contribution in [0.3, 0.4) is 0 Å². The number of hydrogen-bond acceptors (Lipinski definition) is 3. The van der Waals surface area contributed by atoms with Crippen molar-refractivity contribution >= 4 is 17.7 Å². The van der Waals surface area contributed by atoms with E-state index in [9.17, 15) is 14.4 Å². The van der Waals surface area contributed by atoms with Gasteiger partial charge in [0.1, 0.15) is 11.9 Å². The average molecular weight is 174 g/mol. The smallest absolute Gasteiger partial charge is 0.159 e. The van der Waals surface area contributed by atoms with Gasteiger partial charge in [-0.2, -0.15) is 0 Å². The molecule has 0 atom stereocenters. The van der Waals surface area contributed by atoms with Crippen LogP contribution in [0.2, 0.25) is 0 Å². The lowest BCUT2D eigenvalue weighted by Crippen LogP contribution is -2.27. The highest BCUT2D eigenvalue weighted by atomic mass is 16.1. The average Bonchev–Trinajstić information content (AvgIpc) is 2.16. The summed E-state index contributed by atoms with van der Waals surface area (Å²) >= 11 is 0. The van der Waals surface area contributed by atoms with Crippen LogP contribution >= 0.6 is 0 Å². The van der Waals surface area contributed by atoms with E-state index in [2.05, 4.69) is 0 Å². The van der Waals surface area contributed by atoms with Crippen molar-refractivity contribution in [2.24, 2.45) is 0 Å². The molecular weight excluding hydrogens is 168 g/mol. The highest BCUT2D eigenvalue weighted by molar-refractivity contribution is 5.94. The predicted octanol–water partition coefficient (Wildman–Crippen LogP) is -1.10. The van der Waals surface area contributed by atoms with E-state index in [1.54, 1.807) is 11.9 Å². The number of hydrogen-bond donors (Lipinski definition) is 0. The molecule has 0 saturated carbocycles. The molecule has 3 heteroatoms. The fourth-order valence-corrected chi connectivity index (χ4v) is 0.937. The first-order chi connectivity index (χ1) is 6.19. The zero-order valence-electron chi connectivity index (χ0n) is 6.96. The fraction of sp³-hybridized carbons (Fsp3) is 0.100. The molecule has 0 unspecified atom stereocenters. The highest BCUT2D eigenvalue weighted by Gasteiger charge is 1.98. The number of rotatable bonds is 1. The van der Waals surface area contributed by atoms with Gasteiger partial charge in [-0.25, -0.2) is 9.59 Å². The third-order valence-corrected chi connectivity index (χ3v) is 1.65. The van der Waals surface area contributed by atoms with Gasteiger partial charge in [-0.05, 0) is 19.1 Å². The molecule has 0 spiro atoms. The topological polar surface area (TPSA) is 51.2 Å². The van der Waals surface area contributed by atoms with E-state index >= 15 is 0 Å². The number of carbonyl (C=O) groups excluding carboxylic acids is 3. The van der Waals surface area contributed by atoms with Crippen molar-refractivity contribution in [3.8, 4) is 0 Å². The Morgan fingerprint density at radius 1 is 1.15 bits per heavy atom. The largest absolute Gasteiger partial charge is 0.295 e. The lowest BCUT2D eigenvalue weighted by Gasteiger charge is -1.91. The summed E-state index contributed by atoms with van der Waals surface area (Å²) in [6.45, 7) is 1.38. The summed E-state index contributed by atoms with van der Waals surface area (Å²) in [7, 11) is 0. The number of Topliss-reactive ketones (excluding diaryl/α,β-unsaturated/α-hetero) is 1. The summed E-state index contributed by atoms with van der Waals surface area (Å²) < 4.78 is 0. The van der Waals surface area contributed by atoms with Crippen LogP contribution in [-0.2, 0) is 9.59 Å². The van der Waals surface area contributed by atoms with Crippen molar-refractivity contribution in [2.45, 2.75) is 6.92 Å². The van der Waals surface area contributed by atoms with Crippen LogP contribution in [-0.4, -0.2) is 17.7 Å². The van der Waals surface area contributed by atoms with Crippen molar-refractivity contribution in [2.75, 3.05) is 0 Å². The van der Waals surface area contributed by atoms with Crippen LogP contribution in [0.25, 0.3) is 0 Å². The minimum absolute atomic E-state index is 0.0719. The summed E-state index contributed by atoms with van der Waals surface area (Å²) in [6, 6.07) is 4.18. The summed E-state index contributed by atoms with van der Waals surface area (Å²) in [6.07, 6.45) is 0. The van der Waals surface area contributed by atoms with Gasteiger partial charge in [0.2, 0.25) is 0 Å². The van der Waals surface area contributed by atoms with Crippen LogP contribution < -0.4 is 10.4 Å². The minimum atomic E-state index is -0.158. The van der Waals surface area contributed by atoms with Crippen LogP contribution in [0, 0.1) is 0 Å². The maximum absolute atomic E-state index is 10.9. The van der Waals surface area contributed by atoms with Gasteiger partial charge in [-0.1, -0.05) is 6.07 Å². The molecule has 13 heavy (non-hydrogen) atoms. The van der Waals surface area contributed by atoms with Crippen molar-refractivity contribution in [1.29, 1.82) is 0 Å². The summed E-state index contributed by atoms with van der Waals surface area (Å²) in [5.41, 5.74) is 0.386. The fourth-order valence-electron chi connectivity index (χ4n) is 0.937. The first-order valence-electron chi connectivity index (χ1n) is 3.60. The number of carbonyl (C=O) groups is 1. The van der Waals surface area contributed by atoms with E-state index in [1.807, 2.05) is 0 Å². The molecule has 0 bridgehead atoms. The Bertz CT molecular complexity index is 503. The predicted molar refractivity (Wildman–Crippen MR) is 45.3 cm³/mol. The van der Waals surface area contributed by atoms with Crippen LogP contribution in [0.15, 0.2) is 18.2 Å². The van der Waals surface area contributed by atoms with E-state index in [1.165, 1.54) is 25.1 Å². The van der Waals surface area contributed by atoms with Crippen molar-refractivity contribution < 1.29 is 14.4 Å².